The third-order valence-electron chi connectivity index (χ3n) is 3.43. The first-order chi connectivity index (χ1) is 12.0. The molecule has 0 radical (unpaired) electrons. The summed E-state index contributed by atoms with van der Waals surface area (Å²) in [6.07, 6.45) is 2.01. The zero-order valence-electron chi connectivity index (χ0n) is 14.2. The molecule has 1 aromatic carbocycles. The molecule has 0 spiro atoms. The molecule has 0 fully saturated rings. The molecule has 0 saturated carbocycles. The Bertz CT molecular complexity index is 786. The fourth-order valence-electron chi connectivity index (χ4n) is 2.24. The van der Waals surface area contributed by atoms with Gasteiger partial charge in [-0.3, -0.25) is 0 Å². The Morgan fingerprint density at radius 1 is 1.16 bits per heavy atom. The van der Waals surface area contributed by atoms with Crippen LogP contribution in [0.25, 0.3) is 0 Å². The van der Waals surface area contributed by atoms with Crippen LogP contribution in [0.5, 0.6) is 0 Å². The fraction of sp³-hybridized carbons (Fsp3) is 0.353. The molecule has 4 N–H and O–H groups in total. The Morgan fingerprint density at radius 3 is 2.56 bits per heavy atom. The standard InChI is InChI=1S/C17H24N4O2S2/c1-2-19-17(20-12-6-9-14-7-4-3-5-8-14)21-13-15-10-11-16(24-15)25(18,22)23/h3-5,7-8,10-11H,2,6,9,12-13H2,1H3,(H2,18,22,23)(H2,19,20,21). The van der Waals surface area contributed by atoms with E-state index in [1.807, 2.05) is 25.1 Å². The number of sulfonamides is 1. The quantitative estimate of drug-likeness (QED) is 0.371. The van der Waals surface area contributed by atoms with Crippen molar-refractivity contribution in [2.24, 2.45) is 10.1 Å². The van der Waals surface area contributed by atoms with Crippen molar-refractivity contribution in [1.82, 2.24) is 10.6 Å². The molecule has 0 bridgehead atoms. The summed E-state index contributed by atoms with van der Waals surface area (Å²) in [7, 11) is -3.64. The van der Waals surface area contributed by atoms with Crippen LogP contribution in [0.3, 0.4) is 0 Å². The van der Waals surface area contributed by atoms with Gasteiger partial charge in [0.25, 0.3) is 0 Å². The van der Waals surface area contributed by atoms with Gasteiger partial charge in [0, 0.05) is 18.0 Å². The molecule has 0 amide bonds. The molecule has 6 nitrogen and oxygen atoms in total. The first kappa shape index (κ1) is 19.4. The van der Waals surface area contributed by atoms with E-state index in [9.17, 15) is 8.42 Å². The molecule has 1 heterocycles. The second kappa shape index (κ2) is 9.55. The van der Waals surface area contributed by atoms with Crippen molar-refractivity contribution in [2.45, 2.75) is 30.5 Å². The van der Waals surface area contributed by atoms with Crippen LogP contribution in [0, 0.1) is 0 Å². The van der Waals surface area contributed by atoms with Crippen LogP contribution in [0.2, 0.25) is 0 Å². The topological polar surface area (TPSA) is 96.6 Å². The van der Waals surface area contributed by atoms with Gasteiger partial charge in [-0.15, -0.1) is 11.3 Å². The molecule has 1 aromatic heterocycles. The summed E-state index contributed by atoms with van der Waals surface area (Å²) in [6.45, 7) is 3.99. The number of rotatable bonds is 8. The normalized spacial score (nSPS) is 12.2. The molecular weight excluding hydrogens is 356 g/mol. The Balaban J connectivity index is 1.84. The molecule has 25 heavy (non-hydrogen) atoms. The third kappa shape index (κ3) is 6.85. The predicted molar refractivity (Wildman–Crippen MR) is 103 cm³/mol. The number of thiophene rings is 1. The van der Waals surface area contributed by atoms with Gasteiger partial charge in [0.15, 0.2) is 5.96 Å². The Kier molecular flexibility index (Phi) is 7.42. The predicted octanol–water partition coefficient (Wildman–Crippen LogP) is 2.08. The Labute approximate surface area is 153 Å². The largest absolute Gasteiger partial charge is 0.357 e. The minimum absolute atomic E-state index is 0.165. The van der Waals surface area contributed by atoms with E-state index in [4.69, 9.17) is 5.14 Å². The number of aliphatic imine (C=N–C) groups is 1. The van der Waals surface area contributed by atoms with Gasteiger partial charge < -0.3 is 10.6 Å². The highest BCUT2D eigenvalue weighted by Crippen LogP contribution is 2.20. The highest BCUT2D eigenvalue weighted by Gasteiger charge is 2.10. The molecule has 0 aliphatic heterocycles. The van der Waals surface area contributed by atoms with Crippen molar-refractivity contribution in [3.05, 3.63) is 52.9 Å². The van der Waals surface area contributed by atoms with E-state index in [-0.39, 0.29) is 4.21 Å². The number of benzene rings is 1. The van der Waals surface area contributed by atoms with Crippen LogP contribution in [0.4, 0.5) is 0 Å². The molecule has 0 aliphatic rings. The SMILES string of the molecule is CCNC(=NCc1ccc(S(N)(=O)=O)s1)NCCCc1ccccc1. The lowest BCUT2D eigenvalue weighted by Gasteiger charge is -2.11. The maximum atomic E-state index is 11.3. The van der Waals surface area contributed by atoms with Crippen LogP contribution >= 0.6 is 11.3 Å². The van der Waals surface area contributed by atoms with Crippen LogP contribution in [-0.2, 0) is 23.0 Å². The number of guanidine groups is 1. The number of nitrogens with one attached hydrogen (secondary N) is 2. The van der Waals surface area contributed by atoms with Gasteiger partial charge in [-0.25, -0.2) is 18.5 Å². The minimum atomic E-state index is -3.64. The van der Waals surface area contributed by atoms with Crippen molar-refractivity contribution in [3.63, 3.8) is 0 Å². The van der Waals surface area contributed by atoms with Gasteiger partial charge in [-0.05, 0) is 37.5 Å². The van der Waals surface area contributed by atoms with Gasteiger partial charge in [-0.2, -0.15) is 0 Å². The molecule has 2 rings (SSSR count). The van der Waals surface area contributed by atoms with E-state index < -0.39 is 10.0 Å². The van der Waals surface area contributed by atoms with Crippen molar-refractivity contribution in [2.75, 3.05) is 13.1 Å². The minimum Gasteiger partial charge on any atom is -0.357 e. The second-order valence-corrected chi connectivity index (χ2v) is 8.43. The number of hydrogen-bond acceptors (Lipinski definition) is 4. The molecule has 0 atom stereocenters. The summed E-state index contributed by atoms with van der Waals surface area (Å²) in [6, 6.07) is 13.6. The Morgan fingerprint density at radius 2 is 1.92 bits per heavy atom. The van der Waals surface area contributed by atoms with Crippen LogP contribution in [0.15, 0.2) is 51.7 Å². The molecular formula is C17H24N4O2S2. The van der Waals surface area contributed by atoms with Gasteiger partial charge >= 0.3 is 0 Å². The van der Waals surface area contributed by atoms with Gasteiger partial charge in [-0.1, -0.05) is 30.3 Å². The Hall–Kier alpha value is -1.90. The smallest absolute Gasteiger partial charge is 0.247 e. The fourth-order valence-corrected chi connectivity index (χ4v) is 3.94. The molecule has 136 valence electrons. The first-order valence-electron chi connectivity index (χ1n) is 8.16. The number of hydrogen-bond donors (Lipinski definition) is 3. The van der Waals surface area contributed by atoms with Gasteiger partial charge in [0.2, 0.25) is 10.0 Å². The van der Waals surface area contributed by atoms with E-state index >= 15 is 0 Å². The summed E-state index contributed by atoms with van der Waals surface area (Å²) < 4.78 is 22.8. The van der Waals surface area contributed by atoms with Crippen molar-refractivity contribution < 1.29 is 8.42 Å². The zero-order valence-corrected chi connectivity index (χ0v) is 15.9. The van der Waals surface area contributed by atoms with Crippen LogP contribution in [-0.4, -0.2) is 27.5 Å². The highest BCUT2D eigenvalue weighted by atomic mass is 32.2. The second-order valence-electron chi connectivity index (χ2n) is 5.48. The van der Waals surface area contributed by atoms with E-state index in [2.05, 4.69) is 27.8 Å². The van der Waals surface area contributed by atoms with Gasteiger partial charge in [0.1, 0.15) is 4.21 Å². The average Bonchev–Trinajstić information content (AvgIpc) is 3.07. The lowest BCUT2D eigenvalue weighted by atomic mass is 10.1. The average molecular weight is 381 g/mol. The third-order valence-corrected chi connectivity index (χ3v) is 5.94. The van der Waals surface area contributed by atoms with Gasteiger partial charge in [0.05, 0.1) is 6.54 Å². The number of nitrogens with zero attached hydrogens (tertiary/aromatic N) is 1. The zero-order chi connectivity index (χ0) is 18.1. The van der Waals surface area contributed by atoms with Crippen molar-refractivity contribution >= 4 is 27.3 Å². The lowest BCUT2D eigenvalue weighted by Crippen LogP contribution is -2.37. The van der Waals surface area contributed by atoms with Crippen molar-refractivity contribution in [3.8, 4) is 0 Å². The monoisotopic (exact) mass is 380 g/mol. The molecule has 0 saturated heterocycles. The highest BCUT2D eigenvalue weighted by molar-refractivity contribution is 7.91. The van der Waals surface area contributed by atoms with Crippen molar-refractivity contribution in [1.29, 1.82) is 0 Å². The van der Waals surface area contributed by atoms with E-state index in [1.54, 1.807) is 6.07 Å². The van der Waals surface area contributed by atoms with E-state index in [0.717, 1.165) is 48.1 Å². The lowest BCUT2D eigenvalue weighted by molar-refractivity contribution is 0.600. The molecule has 0 aliphatic carbocycles. The molecule has 0 unspecified atom stereocenters. The van der Waals surface area contributed by atoms with E-state index in [1.165, 1.54) is 11.6 Å². The number of primary sulfonamides is 1. The number of aryl methyl sites for hydroxylation is 1. The van der Waals surface area contributed by atoms with E-state index in [0.29, 0.717) is 6.54 Å². The molecule has 2 aromatic rings. The maximum Gasteiger partial charge on any atom is 0.247 e. The summed E-state index contributed by atoms with van der Waals surface area (Å²) >= 11 is 1.15. The summed E-state index contributed by atoms with van der Waals surface area (Å²) in [5.41, 5.74) is 1.32. The summed E-state index contributed by atoms with van der Waals surface area (Å²) in [5, 5.41) is 11.6. The first-order valence-corrected chi connectivity index (χ1v) is 10.5. The number of nitrogens with two attached hydrogens (primary N) is 1. The molecule has 8 heteroatoms. The maximum absolute atomic E-state index is 11.3. The van der Waals surface area contributed by atoms with Crippen LogP contribution in [0.1, 0.15) is 23.8 Å². The summed E-state index contributed by atoms with van der Waals surface area (Å²) in [4.78, 5) is 5.35. The summed E-state index contributed by atoms with van der Waals surface area (Å²) in [5.74, 6) is 0.723. The van der Waals surface area contributed by atoms with Crippen LogP contribution < -0.4 is 15.8 Å².